The molecule has 7 heteroatoms. The highest BCUT2D eigenvalue weighted by Crippen LogP contribution is 2.27. The molecule has 0 atom stereocenters. The van der Waals surface area contributed by atoms with Gasteiger partial charge in [0.25, 0.3) is 5.91 Å². The Labute approximate surface area is 160 Å². The van der Waals surface area contributed by atoms with E-state index in [0.29, 0.717) is 35.0 Å². The van der Waals surface area contributed by atoms with Crippen molar-refractivity contribution in [2.24, 2.45) is 5.10 Å². The lowest BCUT2D eigenvalue weighted by Crippen LogP contribution is -2.17. The zero-order chi connectivity index (χ0) is 18.9. The molecule has 0 unspecified atom stereocenters. The molecule has 26 heavy (non-hydrogen) atoms. The van der Waals surface area contributed by atoms with E-state index in [1.165, 1.54) is 20.4 Å². The first-order valence-corrected chi connectivity index (χ1v) is 8.47. The highest BCUT2D eigenvalue weighted by molar-refractivity contribution is 9.10. The Morgan fingerprint density at radius 2 is 1.88 bits per heavy atom. The summed E-state index contributed by atoms with van der Waals surface area (Å²) in [6.07, 6.45) is 3.17. The Kier molecular flexibility index (Phi) is 7.23. The maximum absolute atomic E-state index is 12.3. The van der Waals surface area contributed by atoms with E-state index in [1.807, 2.05) is 18.2 Å². The van der Waals surface area contributed by atoms with E-state index in [1.54, 1.807) is 24.3 Å². The van der Waals surface area contributed by atoms with Crippen LogP contribution in [0.3, 0.4) is 0 Å². The average Bonchev–Trinajstić information content (AvgIpc) is 2.66. The maximum Gasteiger partial charge on any atom is 0.271 e. The van der Waals surface area contributed by atoms with E-state index in [4.69, 9.17) is 14.2 Å². The first-order valence-electron chi connectivity index (χ1n) is 7.67. The topological polar surface area (TPSA) is 69.2 Å². The van der Waals surface area contributed by atoms with Crippen LogP contribution in [-0.2, 0) is 0 Å². The second kappa shape index (κ2) is 9.62. The maximum atomic E-state index is 12.3. The van der Waals surface area contributed by atoms with Crippen LogP contribution in [0.25, 0.3) is 0 Å². The predicted octanol–water partition coefficient (Wildman–Crippen LogP) is 3.80. The van der Waals surface area contributed by atoms with Crippen LogP contribution >= 0.6 is 15.9 Å². The van der Waals surface area contributed by atoms with E-state index in [0.717, 1.165) is 4.47 Å². The molecule has 0 radical (unpaired) electrons. The molecular formula is C19H19BrN2O4. The number of nitrogens with one attached hydrogen (secondary N) is 1. The van der Waals surface area contributed by atoms with Crippen molar-refractivity contribution in [3.05, 3.63) is 64.7 Å². The quantitative estimate of drug-likeness (QED) is 0.402. The molecule has 0 spiro atoms. The summed E-state index contributed by atoms with van der Waals surface area (Å²) in [6.45, 7) is 4.00. The van der Waals surface area contributed by atoms with Gasteiger partial charge in [-0.25, -0.2) is 5.43 Å². The van der Waals surface area contributed by atoms with E-state index in [9.17, 15) is 4.79 Å². The Balaban J connectivity index is 2.12. The monoisotopic (exact) mass is 418 g/mol. The van der Waals surface area contributed by atoms with Gasteiger partial charge in [-0.15, -0.1) is 0 Å². The SMILES string of the molecule is C=CCOc1ccc(Br)cc1/C=N/NC(=O)c1ccc(OC)c(OC)c1. The summed E-state index contributed by atoms with van der Waals surface area (Å²) in [6, 6.07) is 10.4. The molecule has 0 heterocycles. The number of carbonyl (C=O) groups excluding carboxylic acids is 1. The molecule has 2 rings (SSSR count). The highest BCUT2D eigenvalue weighted by Gasteiger charge is 2.10. The predicted molar refractivity (Wildman–Crippen MR) is 104 cm³/mol. The molecule has 0 saturated heterocycles. The van der Waals surface area contributed by atoms with Crippen LogP contribution in [-0.4, -0.2) is 32.9 Å². The first kappa shape index (κ1) is 19.5. The van der Waals surface area contributed by atoms with Gasteiger partial charge in [-0.1, -0.05) is 28.6 Å². The van der Waals surface area contributed by atoms with Crippen LogP contribution in [0.15, 0.2) is 58.6 Å². The zero-order valence-electron chi connectivity index (χ0n) is 14.5. The second-order valence-corrected chi connectivity index (χ2v) is 5.97. The van der Waals surface area contributed by atoms with Crippen molar-refractivity contribution in [1.82, 2.24) is 5.43 Å². The summed E-state index contributed by atoms with van der Waals surface area (Å²) >= 11 is 3.40. The number of amides is 1. The molecule has 0 saturated carbocycles. The molecule has 2 aromatic carbocycles. The Bertz CT molecular complexity index is 821. The fourth-order valence-corrected chi connectivity index (χ4v) is 2.48. The van der Waals surface area contributed by atoms with Gasteiger partial charge >= 0.3 is 0 Å². The number of carbonyl (C=O) groups is 1. The molecule has 0 aromatic heterocycles. The highest BCUT2D eigenvalue weighted by atomic mass is 79.9. The van der Waals surface area contributed by atoms with Crippen molar-refractivity contribution >= 4 is 28.1 Å². The van der Waals surface area contributed by atoms with Gasteiger partial charge in [-0.2, -0.15) is 5.10 Å². The number of hydrogen-bond donors (Lipinski definition) is 1. The molecule has 0 bridgehead atoms. The summed E-state index contributed by atoms with van der Waals surface area (Å²) in [5.41, 5.74) is 3.60. The van der Waals surface area contributed by atoms with Gasteiger partial charge in [0.1, 0.15) is 12.4 Å². The number of nitrogens with zero attached hydrogens (tertiary/aromatic N) is 1. The molecule has 0 aliphatic heterocycles. The summed E-state index contributed by atoms with van der Waals surface area (Å²) < 4.78 is 16.8. The van der Waals surface area contributed by atoms with Crippen LogP contribution in [0, 0.1) is 0 Å². The first-order chi connectivity index (χ1) is 12.6. The van der Waals surface area contributed by atoms with Crippen molar-refractivity contribution in [1.29, 1.82) is 0 Å². The summed E-state index contributed by atoms with van der Waals surface area (Å²) in [7, 11) is 3.04. The largest absolute Gasteiger partial charge is 0.493 e. The van der Waals surface area contributed by atoms with Gasteiger partial charge in [-0.3, -0.25) is 4.79 Å². The van der Waals surface area contributed by atoms with Gasteiger partial charge < -0.3 is 14.2 Å². The van der Waals surface area contributed by atoms with Crippen LogP contribution in [0.4, 0.5) is 0 Å². The molecule has 1 amide bonds. The van der Waals surface area contributed by atoms with Crippen LogP contribution in [0.5, 0.6) is 17.2 Å². The summed E-state index contributed by atoms with van der Waals surface area (Å²) in [5.74, 6) is 1.28. The van der Waals surface area contributed by atoms with Crippen molar-refractivity contribution in [3.8, 4) is 17.2 Å². The Morgan fingerprint density at radius 3 is 2.58 bits per heavy atom. The van der Waals surface area contributed by atoms with Crippen LogP contribution in [0.1, 0.15) is 15.9 Å². The number of rotatable bonds is 8. The van der Waals surface area contributed by atoms with Gasteiger partial charge in [0.15, 0.2) is 11.5 Å². The minimum Gasteiger partial charge on any atom is -0.493 e. The molecule has 1 N–H and O–H groups in total. The normalized spacial score (nSPS) is 10.4. The number of ether oxygens (including phenoxy) is 3. The molecule has 0 aliphatic rings. The lowest BCUT2D eigenvalue weighted by molar-refractivity contribution is 0.0954. The molecule has 0 aliphatic carbocycles. The van der Waals surface area contributed by atoms with E-state index in [-0.39, 0.29) is 5.91 Å². The van der Waals surface area contributed by atoms with Crippen molar-refractivity contribution in [3.63, 3.8) is 0 Å². The Morgan fingerprint density at radius 1 is 1.15 bits per heavy atom. The molecule has 2 aromatic rings. The smallest absolute Gasteiger partial charge is 0.271 e. The third-order valence-corrected chi connectivity index (χ3v) is 3.84. The molecular weight excluding hydrogens is 400 g/mol. The number of hydrogen-bond acceptors (Lipinski definition) is 5. The van der Waals surface area contributed by atoms with E-state index >= 15 is 0 Å². The van der Waals surface area contributed by atoms with Crippen LogP contribution < -0.4 is 19.6 Å². The van der Waals surface area contributed by atoms with E-state index < -0.39 is 0 Å². The lowest BCUT2D eigenvalue weighted by atomic mass is 10.2. The minimum absolute atomic E-state index is 0.370. The van der Waals surface area contributed by atoms with E-state index in [2.05, 4.69) is 33.0 Å². The molecule has 6 nitrogen and oxygen atoms in total. The fraction of sp³-hybridized carbons (Fsp3) is 0.158. The van der Waals surface area contributed by atoms with Gasteiger partial charge in [0, 0.05) is 15.6 Å². The Hall–Kier alpha value is -2.80. The van der Waals surface area contributed by atoms with Gasteiger partial charge in [0.05, 0.1) is 20.4 Å². The lowest BCUT2D eigenvalue weighted by Gasteiger charge is -2.09. The van der Waals surface area contributed by atoms with Gasteiger partial charge in [-0.05, 0) is 36.4 Å². The fourth-order valence-electron chi connectivity index (χ4n) is 2.10. The summed E-state index contributed by atoms with van der Waals surface area (Å²) in [4.78, 5) is 12.3. The molecule has 136 valence electrons. The van der Waals surface area contributed by atoms with Gasteiger partial charge in [0.2, 0.25) is 0 Å². The number of methoxy groups -OCH3 is 2. The molecule has 0 fully saturated rings. The number of halogens is 1. The van der Waals surface area contributed by atoms with Crippen molar-refractivity contribution in [2.45, 2.75) is 0 Å². The average molecular weight is 419 g/mol. The van der Waals surface area contributed by atoms with Crippen molar-refractivity contribution < 1.29 is 19.0 Å². The second-order valence-electron chi connectivity index (χ2n) is 5.05. The number of benzene rings is 2. The summed E-state index contributed by atoms with van der Waals surface area (Å²) in [5, 5.41) is 4.00. The number of hydrazone groups is 1. The third kappa shape index (κ3) is 5.10. The van der Waals surface area contributed by atoms with Crippen molar-refractivity contribution in [2.75, 3.05) is 20.8 Å². The standard InChI is InChI=1S/C19H19BrN2O4/c1-4-9-26-16-8-6-15(20)10-14(16)12-21-22-19(23)13-5-7-17(24-2)18(11-13)25-3/h4-8,10-12H,1,9H2,2-3H3,(H,22,23)/b21-12+. The minimum atomic E-state index is -0.370. The third-order valence-electron chi connectivity index (χ3n) is 3.34. The van der Waals surface area contributed by atoms with Crippen LogP contribution in [0.2, 0.25) is 0 Å². The zero-order valence-corrected chi connectivity index (χ0v) is 16.1.